The predicted molar refractivity (Wildman–Crippen MR) is 51.8 cm³/mol. The van der Waals surface area contributed by atoms with Crippen molar-refractivity contribution in [1.29, 1.82) is 0 Å². The zero-order valence-corrected chi connectivity index (χ0v) is 8.58. The number of rotatable bonds is 5. The van der Waals surface area contributed by atoms with Gasteiger partial charge in [0.25, 0.3) is 0 Å². The Labute approximate surface area is 79.4 Å². The van der Waals surface area contributed by atoms with Gasteiger partial charge in [0.2, 0.25) is 0 Å². The first-order valence-corrected chi connectivity index (χ1v) is 4.15. The van der Waals surface area contributed by atoms with Crippen molar-refractivity contribution in [2.24, 2.45) is 0 Å². The molecule has 80 valence electrons. The molecule has 3 N–H and O–H groups in total. The summed E-state index contributed by atoms with van der Waals surface area (Å²) in [7, 11) is 6.00. The molecule has 0 aromatic carbocycles. The van der Waals surface area contributed by atoms with Crippen LogP contribution in [0.1, 0.15) is 6.42 Å². The molecule has 5 heteroatoms. The van der Waals surface area contributed by atoms with E-state index in [9.17, 15) is 4.79 Å². The van der Waals surface area contributed by atoms with E-state index in [-0.39, 0.29) is 13.2 Å². The van der Waals surface area contributed by atoms with Crippen LogP contribution in [0.4, 0.5) is 0 Å². The van der Waals surface area contributed by atoms with Crippen molar-refractivity contribution in [2.75, 3.05) is 40.8 Å². The van der Waals surface area contributed by atoms with E-state index in [0.29, 0.717) is 13.0 Å². The van der Waals surface area contributed by atoms with E-state index >= 15 is 0 Å². The monoisotopic (exact) mass is 192 g/mol. The third kappa shape index (κ3) is 34.7. The normalized spacial score (nSPS) is 9.31. The summed E-state index contributed by atoms with van der Waals surface area (Å²) in [5, 5.41) is 19.0. The Morgan fingerprint density at radius 1 is 1.38 bits per heavy atom. The number of nitrogens with zero attached hydrogens (tertiary/aromatic N) is 1. The van der Waals surface area contributed by atoms with Crippen molar-refractivity contribution in [3.05, 3.63) is 0 Å². The fourth-order valence-electron chi connectivity index (χ4n) is 0.399. The first-order chi connectivity index (χ1) is 6.00. The number of carboxylic acid groups (broad SMARTS) is 1. The zero-order valence-electron chi connectivity index (χ0n) is 8.58. The van der Waals surface area contributed by atoms with Gasteiger partial charge in [-0.25, -0.2) is 0 Å². The highest BCUT2D eigenvalue weighted by Gasteiger charge is 1.92. The number of carbonyl (C=O) groups is 1. The minimum Gasteiger partial charge on any atom is -0.480 e. The number of carboxylic acids is 1. The van der Waals surface area contributed by atoms with Gasteiger partial charge in [-0.3, -0.25) is 4.79 Å². The molecule has 0 rings (SSSR count). The van der Waals surface area contributed by atoms with E-state index < -0.39 is 5.97 Å². The van der Waals surface area contributed by atoms with Gasteiger partial charge in [-0.1, -0.05) is 0 Å². The van der Waals surface area contributed by atoms with Crippen LogP contribution in [-0.4, -0.2) is 61.9 Å². The van der Waals surface area contributed by atoms with Gasteiger partial charge in [0, 0.05) is 6.61 Å². The average Bonchev–Trinajstić information content (AvgIpc) is 1.97. The molecule has 0 saturated heterocycles. The SMILES string of the molecule is CN(C)C.O=C(O)CNCCCO. The first kappa shape index (κ1) is 14.9. The molecule has 0 heterocycles. The van der Waals surface area contributed by atoms with E-state index in [1.54, 1.807) is 0 Å². The van der Waals surface area contributed by atoms with E-state index in [1.165, 1.54) is 0 Å². The Balaban J connectivity index is 0. The highest BCUT2D eigenvalue weighted by molar-refractivity contribution is 5.68. The van der Waals surface area contributed by atoms with Crippen LogP contribution in [0.25, 0.3) is 0 Å². The second-order valence-corrected chi connectivity index (χ2v) is 2.99. The van der Waals surface area contributed by atoms with Crippen molar-refractivity contribution in [3.63, 3.8) is 0 Å². The van der Waals surface area contributed by atoms with Crippen LogP contribution in [0.2, 0.25) is 0 Å². The highest BCUT2D eigenvalue weighted by Crippen LogP contribution is 1.70. The van der Waals surface area contributed by atoms with Gasteiger partial charge >= 0.3 is 5.97 Å². The maximum atomic E-state index is 9.84. The molecule has 0 aromatic rings. The Bertz CT molecular complexity index is 115. The molecule has 13 heavy (non-hydrogen) atoms. The van der Waals surface area contributed by atoms with Crippen molar-refractivity contribution in [3.8, 4) is 0 Å². The minimum absolute atomic E-state index is 0.0278. The van der Waals surface area contributed by atoms with Gasteiger partial charge in [0.05, 0.1) is 6.54 Å². The fourth-order valence-corrected chi connectivity index (χ4v) is 0.399. The quantitative estimate of drug-likeness (QED) is 0.498. The fraction of sp³-hybridized carbons (Fsp3) is 0.875. The van der Waals surface area contributed by atoms with Crippen molar-refractivity contribution < 1.29 is 15.0 Å². The second kappa shape index (κ2) is 11.4. The average molecular weight is 192 g/mol. The molecular formula is C8H20N2O3. The van der Waals surface area contributed by atoms with Crippen molar-refractivity contribution in [2.45, 2.75) is 6.42 Å². The van der Waals surface area contributed by atoms with Crippen LogP contribution < -0.4 is 5.32 Å². The van der Waals surface area contributed by atoms with Crippen LogP contribution in [-0.2, 0) is 4.79 Å². The van der Waals surface area contributed by atoms with E-state index in [4.69, 9.17) is 10.2 Å². The van der Waals surface area contributed by atoms with E-state index in [2.05, 4.69) is 5.32 Å². The summed E-state index contributed by atoms with van der Waals surface area (Å²) < 4.78 is 0. The molecular weight excluding hydrogens is 172 g/mol. The summed E-state index contributed by atoms with van der Waals surface area (Å²) in [6.45, 7) is 0.634. The Hall–Kier alpha value is -0.650. The summed E-state index contributed by atoms with van der Waals surface area (Å²) in [5.74, 6) is -0.868. The summed E-state index contributed by atoms with van der Waals surface area (Å²) >= 11 is 0. The molecule has 0 aliphatic heterocycles. The number of hydrogen-bond acceptors (Lipinski definition) is 4. The van der Waals surface area contributed by atoms with Crippen LogP contribution >= 0.6 is 0 Å². The molecule has 0 atom stereocenters. The smallest absolute Gasteiger partial charge is 0.317 e. The number of aliphatic carboxylic acids is 1. The van der Waals surface area contributed by atoms with Gasteiger partial charge in [0.1, 0.15) is 0 Å². The Morgan fingerprint density at radius 2 is 1.85 bits per heavy atom. The lowest BCUT2D eigenvalue weighted by atomic mass is 10.4. The van der Waals surface area contributed by atoms with Gasteiger partial charge in [-0.05, 0) is 34.1 Å². The first-order valence-electron chi connectivity index (χ1n) is 4.15. The number of aliphatic hydroxyl groups excluding tert-OH is 1. The molecule has 0 spiro atoms. The van der Waals surface area contributed by atoms with Crippen LogP contribution in [0.5, 0.6) is 0 Å². The van der Waals surface area contributed by atoms with Crippen LogP contribution in [0.15, 0.2) is 0 Å². The maximum absolute atomic E-state index is 9.84. The number of hydrogen-bond donors (Lipinski definition) is 3. The van der Waals surface area contributed by atoms with Crippen LogP contribution in [0.3, 0.4) is 0 Å². The molecule has 0 aliphatic rings. The minimum atomic E-state index is -0.868. The lowest BCUT2D eigenvalue weighted by Gasteiger charge is -1.96. The molecule has 0 saturated carbocycles. The van der Waals surface area contributed by atoms with Crippen molar-refractivity contribution >= 4 is 5.97 Å². The van der Waals surface area contributed by atoms with Crippen molar-refractivity contribution in [1.82, 2.24) is 10.2 Å². The van der Waals surface area contributed by atoms with E-state index in [0.717, 1.165) is 0 Å². The molecule has 0 bridgehead atoms. The molecule has 0 unspecified atom stereocenters. The Morgan fingerprint density at radius 3 is 2.15 bits per heavy atom. The van der Waals surface area contributed by atoms with Crippen LogP contribution in [0, 0.1) is 0 Å². The summed E-state index contributed by atoms with van der Waals surface area (Å²) in [4.78, 5) is 11.8. The highest BCUT2D eigenvalue weighted by atomic mass is 16.4. The summed E-state index contributed by atoms with van der Waals surface area (Å²) in [6.07, 6.45) is 0.604. The third-order valence-corrected chi connectivity index (χ3v) is 0.788. The summed E-state index contributed by atoms with van der Waals surface area (Å²) in [5.41, 5.74) is 0. The topological polar surface area (TPSA) is 72.8 Å². The molecule has 0 aliphatic carbocycles. The largest absolute Gasteiger partial charge is 0.480 e. The second-order valence-electron chi connectivity index (χ2n) is 2.99. The lowest BCUT2D eigenvalue weighted by Crippen LogP contribution is -2.23. The summed E-state index contributed by atoms with van der Waals surface area (Å²) in [6, 6.07) is 0. The number of aliphatic hydroxyl groups is 1. The van der Waals surface area contributed by atoms with Gasteiger partial charge in [-0.15, -0.1) is 0 Å². The Kier molecular flexibility index (Phi) is 13.0. The molecule has 5 nitrogen and oxygen atoms in total. The molecule has 0 radical (unpaired) electrons. The van der Waals surface area contributed by atoms with Gasteiger partial charge in [-0.2, -0.15) is 0 Å². The standard InChI is InChI=1S/C5H11NO3.C3H9N/c7-3-1-2-6-4-5(8)9;1-4(2)3/h6-7H,1-4H2,(H,8,9);1-3H3. The van der Waals surface area contributed by atoms with Gasteiger partial charge in [0.15, 0.2) is 0 Å². The molecule has 0 amide bonds. The lowest BCUT2D eigenvalue weighted by molar-refractivity contribution is -0.135. The van der Waals surface area contributed by atoms with E-state index in [1.807, 2.05) is 26.0 Å². The third-order valence-electron chi connectivity index (χ3n) is 0.788. The molecule has 0 fully saturated rings. The number of nitrogens with one attached hydrogen (secondary N) is 1. The predicted octanol–water partition coefficient (Wildman–Crippen LogP) is -0.779. The molecule has 0 aromatic heterocycles. The van der Waals surface area contributed by atoms with Gasteiger partial charge < -0.3 is 20.4 Å². The maximum Gasteiger partial charge on any atom is 0.317 e. The zero-order chi connectivity index (χ0) is 10.7.